The van der Waals surface area contributed by atoms with Gasteiger partial charge in [0.15, 0.2) is 5.84 Å². The highest BCUT2D eigenvalue weighted by Crippen LogP contribution is 2.20. The molecule has 1 aromatic carbocycles. The summed E-state index contributed by atoms with van der Waals surface area (Å²) in [5.41, 5.74) is 6.11. The molecule has 0 radical (unpaired) electrons. The summed E-state index contributed by atoms with van der Waals surface area (Å²) >= 11 is 17.4. The van der Waals surface area contributed by atoms with Crippen LogP contribution in [0.1, 0.15) is 5.56 Å². The Labute approximate surface area is 135 Å². The van der Waals surface area contributed by atoms with Gasteiger partial charge in [-0.05, 0) is 18.2 Å². The van der Waals surface area contributed by atoms with E-state index in [1.807, 2.05) is 0 Å². The van der Waals surface area contributed by atoms with Gasteiger partial charge >= 0.3 is 5.97 Å². The first-order valence-corrected chi connectivity index (χ1v) is 6.76. The molecule has 0 aliphatic rings. The third kappa shape index (κ3) is 4.35. The van der Waals surface area contributed by atoms with Gasteiger partial charge in [0.25, 0.3) is 0 Å². The van der Waals surface area contributed by atoms with Crippen molar-refractivity contribution >= 4 is 46.6 Å². The summed E-state index contributed by atoms with van der Waals surface area (Å²) in [6, 6.07) is 4.68. The number of benzene rings is 1. The molecule has 0 saturated heterocycles. The van der Waals surface area contributed by atoms with E-state index in [1.165, 1.54) is 23.1 Å². The number of rotatable bonds is 4. The molecule has 0 atom stereocenters. The fourth-order valence-corrected chi connectivity index (χ4v) is 2.09. The van der Waals surface area contributed by atoms with Gasteiger partial charge in [0.2, 0.25) is 0 Å². The first kappa shape index (κ1) is 15.6. The molecule has 1 aromatic heterocycles. The topological polar surface area (TPSA) is 82.5 Å². The molecule has 0 amide bonds. The molecule has 6 nitrogen and oxygen atoms in total. The lowest BCUT2D eigenvalue weighted by molar-refractivity contribution is -0.144. The third-order valence-corrected chi connectivity index (χ3v) is 3.09. The molecule has 0 aliphatic heterocycles. The molecule has 2 N–H and O–H groups in total. The number of nitrogens with two attached hydrogens (primary N) is 1. The maximum Gasteiger partial charge on any atom is 0.356 e. The van der Waals surface area contributed by atoms with E-state index in [1.54, 1.807) is 12.1 Å². The van der Waals surface area contributed by atoms with Crippen LogP contribution in [-0.2, 0) is 16.2 Å². The second-order valence-corrected chi connectivity index (χ2v) is 5.20. The van der Waals surface area contributed by atoms with E-state index in [4.69, 9.17) is 40.5 Å². The van der Waals surface area contributed by atoms with Crippen molar-refractivity contribution in [3.63, 3.8) is 0 Å². The van der Waals surface area contributed by atoms with E-state index in [2.05, 4.69) is 15.1 Å². The molecule has 0 saturated carbocycles. The van der Waals surface area contributed by atoms with Gasteiger partial charge in [-0.1, -0.05) is 40.0 Å². The van der Waals surface area contributed by atoms with Gasteiger partial charge in [-0.3, -0.25) is 4.68 Å². The van der Waals surface area contributed by atoms with Crippen LogP contribution in [0.3, 0.4) is 0 Å². The van der Waals surface area contributed by atoms with Crippen molar-refractivity contribution < 1.29 is 9.63 Å². The Balaban J connectivity index is 2.01. The van der Waals surface area contributed by atoms with Crippen molar-refractivity contribution in [3.8, 4) is 0 Å². The van der Waals surface area contributed by atoms with E-state index in [9.17, 15) is 4.79 Å². The summed E-state index contributed by atoms with van der Waals surface area (Å²) in [7, 11) is 0. The van der Waals surface area contributed by atoms with Crippen LogP contribution in [-0.4, -0.2) is 21.6 Å². The van der Waals surface area contributed by atoms with E-state index in [0.29, 0.717) is 20.6 Å². The summed E-state index contributed by atoms with van der Waals surface area (Å²) in [5.74, 6) is -0.689. The van der Waals surface area contributed by atoms with Gasteiger partial charge in [-0.2, -0.15) is 5.10 Å². The van der Waals surface area contributed by atoms with Crippen LogP contribution >= 0.6 is 34.8 Å². The van der Waals surface area contributed by atoms with E-state index in [-0.39, 0.29) is 12.4 Å². The molecular weight excluding hydrogens is 339 g/mol. The van der Waals surface area contributed by atoms with Gasteiger partial charge in [-0.15, -0.1) is 0 Å². The Morgan fingerprint density at radius 2 is 2.10 bits per heavy atom. The SMILES string of the molecule is N/C(=N\OC(=O)Cn1cc(Cl)cn1)c1ccc(Cl)cc1Cl. The lowest BCUT2D eigenvalue weighted by Gasteiger charge is -2.04. The number of hydrogen-bond acceptors (Lipinski definition) is 4. The van der Waals surface area contributed by atoms with Crippen molar-refractivity contribution in [2.45, 2.75) is 6.54 Å². The third-order valence-electron chi connectivity index (χ3n) is 2.35. The summed E-state index contributed by atoms with van der Waals surface area (Å²) in [6.07, 6.45) is 2.88. The zero-order chi connectivity index (χ0) is 15.4. The Kier molecular flexibility index (Phi) is 5.06. The number of oxime groups is 1. The largest absolute Gasteiger partial charge is 0.380 e. The number of hydrogen-bond donors (Lipinski definition) is 1. The van der Waals surface area contributed by atoms with Crippen molar-refractivity contribution in [1.29, 1.82) is 0 Å². The van der Waals surface area contributed by atoms with Crippen molar-refractivity contribution in [2.75, 3.05) is 0 Å². The Morgan fingerprint density at radius 1 is 1.33 bits per heavy atom. The minimum absolute atomic E-state index is 0.0384. The van der Waals surface area contributed by atoms with E-state index < -0.39 is 5.97 Å². The minimum atomic E-state index is -0.650. The maximum absolute atomic E-state index is 11.6. The standard InChI is InChI=1S/C12H9Cl3N4O2/c13-7-1-2-9(10(15)3-7)12(16)18-21-11(20)6-19-5-8(14)4-17-19/h1-5H,6H2,(H2,16,18). The summed E-state index contributed by atoms with van der Waals surface area (Å²) in [5, 5.41) is 8.55. The average molecular weight is 348 g/mol. The molecule has 0 spiro atoms. The molecule has 1 heterocycles. The van der Waals surface area contributed by atoms with Crippen molar-refractivity contribution in [2.24, 2.45) is 10.9 Å². The Morgan fingerprint density at radius 3 is 2.71 bits per heavy atom. The van der Waals surface area contributed by atoms with Gasteiger partial charge in [0.05, 0.1) is 16.2 Å². The minimum Gasteiger partial charge on any atom is -0.380 e. The number of amidine groups is 1. The monoisotopic (exact) mass is 346 g/mol. The molecule has 2 aromatic rings. The van der Waals surface area contributed by atoms with Crippen LogP contribution in [0.5, 0.6) is 0 Å². The predicted molar refractivity (Wildman–Crippen MR) is 80.5 cm³/mol. The molecule has 21 heavy (non-hydrogen) atoms. The normalized spacial score (nSPS) is 11.5. The molecule has 0 bridgehead atoms. The lowest BCUT2D eigenvalue weighted by atomic mass is 10.2. The fraction of sp³-hybridized carbons (Fsp3) is 0.0833. The molecule has 0 unspecified atom stereocenters. The van der Waals surface area contributed by atoms with Crippen LogP contribution in [0.2, 0.25) is 15.1 Å². The second-order valence-electron chi connectivity index (χ2n) is 3.92. The molecule has 0 fully saturated rings. The summed E-state index contributed by atoms with van der Waals surface area (Å²) in [6.45, 7) is -0.141. The number of halogens is 3. The van der Waals surface area contributed by atoms with Gasteiger partial charge in [-0.25, -0.2) is 4.79 Å². The Hall–Kier alpha value is -1.76. The fourth-order valence-electron chi connectivity index (χ4n) is 1.43. The van der Waals surface area contributed by atoms with Gasteiger partial charge < -0.3 is 10.6 Å². The molecule has 2 rings (SSSR count). The number of carbonyl (C=O) groups is 1. The zero-order valence-electron chi connectivity index (χ0n) is 10.5. The lowest BCUT2D eigenvalue weighted by Crippen LogP contribution is -2.17. The number of carbonyl (C=O) groups excluding carboxylic acids is 1. The quantitative estimate of drug-likeness (QED) is 0.399. The molecular formula is C12H9Cl3N4O2. The summed E-state index contributed by atoms with van der Waals surface area (Å²) < 4.78 is 1.31. The smallest absolute Gasteiger partial charge is 0.356 e. The Bertz CT molecular complexity index is 700. The average Bonchev–Trinajstić information content (AvgIpc) is 2.81. The van der Waals surface area contributed by atoms with Crippen LogP contribution in [0.15, 0.2) is 35.7 Å². The maximum atomic E-state index is 11.6. The molecule has 9 heteroatoms. The van der Waals surface area contributed by atoms with E-state index in [0.717, 1.165) is 0 Å². The zero-order valence-corrected chi connectivity index (χ0v) is 12.7. The van der Waals surface area contributed by atoms with Crippen LogP contribution < -0.4 is 5.73 Å². The molecule has 110 valence electrons. The first-order valence-electron chi connectivity index (χ1n) is 5.62. The predicted octanol–water partition coefficient (Wildman–Crippen LogP) is 2.71. The van der Waals surface area contributed by atoms with Gasteiger partial charge in [0, 0.05) is 16.8 Å². The van der Waals surface area contributed by atoms with Crippen molar-refractivity contribution in [1.82, 2.24) is 9.78 Å². The van der Waals surface area contributed by atoms with Crippen LogP contribution in [0, 0.1) is 0 Å². The summed E-state index contributed by atoms with van der Waals surface area (Å²) in [4.78, 5) is 16.2. The highest BCUT2D eigenvalue weighted by Gasteiger charge is 2.09. The first-order chi connectivity index (χ1) is 9.95. The van der Waals surface area contributed by atoms with Crippen LogP contribution in [0.25, 0.3) is 0 Å². The van der Waals surface area contributed by atoms with Gasteiger partial charge in [0.1, 0.15) is 6.54 Å². The highest BCUT2D eigenvalue weighted by molar-refractivity contribution is 6.36. The molecule has 0 aliphatic carbocycles. The number of nitrogens with zero attached hydrogens (tertiary/aromatic N) is 3. The number of aromatic nitrogens is 2. The second kappa shape index (κ2) is 6.80. The van der Waals surface area contributed by atoms with Crippen molar-refractivity contribution in [3.05, 3.63) is 51.2 Å². The van der Waals surface area contributed by atoms with Crippen LogP contribution in [0.4, 0.5) is 0 Å². The highest BCUT2D eigenvalue weighted by atomic mass is 35.5. The van der Waals surface area contributed by atoms with E-state index >= 15 is 0 Å².